The Balaban J connectivity index is 2.18. The van der Waals surface area contributed by atoms with E-state index in [-0.39, 0.29) is 0 Å². The van der Waals surface area contributed by atoms with Gasteiger partial charge in [-0.05, 0) is 46.1 Å². The SMILES string of the molecule is CC(CCS(C)=O)NC(C)CC1CCCCCN1. The van der Waals surface area contributed by atoms with Gasteiger partial charge in [0.15, 0.2) is 0 Å². The summed E-state index contributed by atoms with van der Waals surface area (Å²) in [6.07, 6.45) is 9.39. The van der Waals surface area contributed by atoms with Crippen LogP contribution in [0.1, 0.15) is 52.4 Å². The van der Waals surface area contributed by atoms with Crippen LogP contribution in [0.5, 0.6) is 0 Å². The Morgan fingerprint density at radius 1 is 1.28 bits per heavy atom. The van der Waals surface area contributed by atoms with Crippen LogP contribution in [0.3, 0.4) is 0 Å². The topological polar surface area (TPSA) is 41.1 Å². The van der Waals surface area contributed by atoms with Gasteiger partial charge >= 0.3 is 0 Å². The largest absolute Gasteiger partial charge is 0.314 e. The zero-order valence-electron chi connectivity index (χ0n) is 12.2. The van der Waals surface area contributed by atoms with E-state index in [1.165, 1.54) is 38.6 Å². The maximum absolute atomic E-state index is 11.1. The highest BCUT2D eigenvalue weighted by atomic mass is 32.2. The molecule has 0 amide bonds. The zero-order chi connectivity index (χ0) is 13.4. The van der Waals surface area contributed by atoms with Crippen molar-refractivity contribution in [3.05, 3.63) is 0 Å². The van der Waals surface area contributed by atoms with Gasteiger partial charge in [0, 0.05) is 40.9 Å². The van der Waals surface area contributed by atoms with Crippen LogP contribution < -0.4 is 10.6 Å². The highest BCUT2D eigenvalue weighted by Gasteiger charge is 2.16. The van der Waals surface area contributed by atoms with Gasteiger partial charge < -0.3 is 10.6 Å². The molecule has 108 valence electrons. The van der Waals surface area contributed by atoms with Crippen LogP contribution in [-0.2, 0) is 10.8 Å². The molecule has 0 aromatic carbocycles. The molecule has 2 N–H and O–H groups in total. The fourth-order valence-corrected chi connectivity index (χ4v) is 3.39. The van der Waals surface area contributed by atoms with Gasteiger partial charge in [-0.2, -0.15) is 0 Å². The molecule has 0 saturated carbocycles. The summed E-state index contributed by atoms with van der Waals surface area (Å²) in [6.45, 7) is 5.65. The lowest BCUT2D eigenvalue weighted by molar-refractivity contribution is 0.374. The zero-order valence-corrected chi connectivity index (χ0v) is 13.0. The lowest BCUT2D eigenvalue weighted by atomic mass is 10.0. The molecule has 0 aromatic rings. The van der Waals surface area contributed by atoms with Crippen molar-refractivity contribution >= 4 is 10.8 Å². The smallest absolute Gasteiger partial charge is 0.0246 e. The summed E-state index contributed by atoms with van der Waals surface area (Å²) in [5, 5.41) is 7.28. The summed E-state index contributed by atoms with van der Waals surface area (Å²) in [7, 11) is -0.662. The van der Waals surface area contributed by atoms with Gasteiger partial charge in [-0.1, -0.05) is 12.8 Å². The number of nitrogens with one attached hydrogen (secondary N) is 2. The Labute approximate surface area is 115 Å². The molecular weight excluding hydrogens is 244 g/mol. The normalized spacial score (nSPS) is 26.3. The van der Waals surface area contributed by atoms with E-state index in [9.17, 15) is 4.21 Å². The molecule has 1 rings (SSSR count). The summed E-state index contributed by atoms with van der Waals surface area (Å²) < 4.78 is 11.1. The van der Waals surface area contributed by atoms with Crippen molar-refractivity contribution in [2.75, 3.05) is 18.6 Å². The molecular formula is C14H30N2OS. The van der Waals surface area contributed by atoms with Gasteiger partial charge in [-0.3, -0.25) is 4.21 Å². The van der Waals surface area contributed by atoms with Crippen molar-refractivity contribution in [3.63, 3.8) is 0 Å². The minimum atomic E-state index is -0.662. The Morgan fingerprint density at radius 2 is 2.06 bits per heavy atom. The molecule has 0 bridgehead atoms. The second kappa shape index (κ2) is 9.05. The molecule has 0 aliphatic carbocycles. The Hall–Kier alpha value is 0.0700. The van der Waals surface area contributed by atoms with E-state index < -0.39 is 10.8 Å². The average Bonchev–Trinajstić information content (AvgIpc) is 2.54. The molecule has 4 heteroatoms. The van der Waals surface area contributed by atoms with Gasteiger partial charge in [0.1, 0.15) is 0 Å². The van der Waals surface area contributed by atoms with Crippen LogP contribution in [-0.4, -0.2) is 40.9 Å². The lowest BCUT2D eigenvalue weighted by Crippen LogP contribution is -2.40. The van der Waals surface area contributed by atoms with Gasteiger partial charge in [0.05, 0.1) is 0 Å². The molecule has 0 aromatic heterocycles. The van der Waals surface area contributed by atoms with Gasteiger partial charge in [0.25, 0.3) is 0 Å². The fraction of sp³-hybridized carbons (Fsp3) is 1.00. The molecule has 4 atom stereocenters. The van der Waals surface area contributed by atoms with Gasteiger partial charge in [-0.15, -0.1) is 0 Å². The van der Waals surface area contributed by atoms with Crippen LogP contribution >= 0.6 is 0 Å². The van der Waals surface area contributed by atoms with Crippen molar-refractivity contribution in [1.82, 2.24) is 10.6 Å². The van der Waals surface area contributed by atoms with E-state index in [0.29, 0.717) is 18.1 Å². The standard InChI is InChI=1S/C14H30N2OS/c1-12(8-10-18(3)17)16-13(2)11-14-7-5-4-6-9-15-14/h12-16H,4-11H2,1-3H3. The molecule has 3 nitrogen and oxygen atoms in total. The maximum Gasteiger partial charge on any atom is 0.0246 e. The molecule has 4 unspecified atom stereocenters. The summed E-state index contributed by atoms with van der Waals surface area (Å²) in [4.78, 5) is 0. The van der Waals surface area contributed by atoms with E-state index in [2.05, 4.69) is 24.5 Å². The quantitative estimate of drug-likeness (QED) is 0.746. The molecule has 0 radical (unpaired) electrons. The summed E-state index contributed by atoms with van der Waals surface area (Å²) in [5.74, 6) is 0.808. The monoisotopic (exact) mass is 274 g/mol. The fourth-order valence-electron chi connectivity index (χ4n) is 2.71. The van der Waals surface area contributed by atoms with Crippen molar-refractivity contribution < 1.29 is 4.21 Å². The summed E-state index contributed by atoms with van der Waals surface area (Å²) >= 11 is 0. The Kier molecular flexibility index (Phi) is 8.11. The third kappa shape index (κ3) is 7.49. The van der Waals surface area contributed by atoms with E-state index in [1.54, 1.807) is 6.26 Å². The first-order valence-electron chi connectivity index (χ1n) is 7.37. The number of hydrogen-bond acceptors (Lipinski definition) is 3. The highest BCUT2D eigenvalue weighted by Crippen LogP contribution is 2.13. The van der Waals surface area contributed by atoms with Crippen LogP contribution in [0.25, 0.3) is 0 Å². The van der Waals surface area contributed by atoms with E-state index in [4.69, 9.17) is 0 Å². The third-order valence-corrected chi connectivity index (χ3v) is 4.52. The van der Waals surface area contributed by atoms with E-state index in [0.717, 1.165) is 12.2 Å². The highest BCUT2D eigenvalue weighted by molar-refractivity contribution is 7.84. The summed E-state index contributed by atoms with van der Waals surface area (Å²) in [5.41, 5.74) is 0. The van der Waals surface area contributed by atoms with Crippen LogP contribution in [0.4, 0.5) is 0 Å². The van der Waals surface area contributed by atoms with E-state index >= 15 is 0 Å². The minimum Gasteiger partial charge on any atom is -0.314 e. The number of rotatable bonds is 7. The predicted octanol–water partition coefficient (Wildman–Crippen LogP) is 2.04. The predicted molar refractivity (Wildman–Crippen MR) is 80.5 cm³/mol. The van der Waals surface area contributed by atoms with Crippen LogP contribution in [0, 0.1) is 0 Å². The first kappa shape index (κ1) is 16.1. The van der Waals surface area contributed by atoms with Crippen LogP contribution in [0.15, 0.2) is 0 Å². The van der Waals surface area contributed by atoms with Crippen molar-refractivity contribution in [2.24, 2.45) is 0 Å². The second-order valence-electron chi connectivity index (χ2n) is 5.77. The van der Waals surface area contributed by atoms with Crippen LogP contribution in [0.2, 0.25) is 0 Å². The second-order valence-corrected chi connectivity index (χ2v) is 7.33. The first-order chi connectivity index (χ1) is 8.58. The minimum absolute atomic E-state index is 0.467. The molecule has 0 spiro atoms. The molecule has 18 heavy (non-hydrogen) atoms. The molecule has 1 aliphatic heterocycles. The lowest BCUT2D eigenvalue weighted by Gasteiger charge is -2.24. The average molecular weight is 274 g/mol. The van der Waals surface area contributed by atoms with Crippen molar-refractivity contribution in [3.8, 4) is 0 Å². The summed E-state index contributed by atoms with van der Waals surface area (Å²) in [6, 6.07) is 1.69. The van der Waals surface area contributed by atoms with E-state index in [1.807, 2.05) is 0 Å². The third-order valence-electron chi connectivity index (χ3n) is 3.71. The van der Waals surface area contributed by atoms with Gasteiger partial charge in [0.2, 0.25) is 0 Å². The molecule has 1 fully saturated rings. The maximum atomic E-state index is 11.1. The molecule has 1 aliphatic rings. The van der Waals surface area contributed by atoms with Crippen molar-refractivity contribution in [1.29, 1.82) is 0 Å². The van der Waals surface area contributed by atoms with Gasteiger partial charge in [-0.25, -0.2) is 0 Å². The molecule has 1 saturated heterocycles. The Bertz CT molecular complexity index is 240. The van der Waals surface area contributed by atoms with Crippen molar-refractivity contribution in [2.45, 2.75) is 70.5 Å². The first-order valence-corrected chi connectivity index (χ1v) is 9.10. The Morgan fingerprint density at radius 3 is 2.78 bits per heavy atom. The number of hydrogen-bond donors (Lipinski definition) is 2. The molecule has 1 heterocycles.